The van der Waals surface area contributed by atoms with Gasteiger partial charge in [-0.05, 0) is 13.8 Å². The summed E-state index contributed by atoms with van der Waals surface area (Å²) in [6.07, 6.45) is 1.26. The molecule has 4 N–H and O–H groups in total. The first-order valence-electron chi connectivity index (χ1n) is 4.10. The van der Waals surface area contributed by atoms with Gasteiger partial charge in [0, 0.05) is 0 Å². The molecule has 0 atom stereocenters. The van der Waals surface area contributed by atoms with Gasteiger partial charge >= 0.3 is 0 Å². The second-order valence-corrected chi connectivity index (χ2v) is 3.69. The van der Waals surface area contributed by atoms with Crippen molar-refractivity contribution in [1.82, 2.24) is 0 Å². The van der Waals surface area contributed by atoms with Crippen LogP contribution in [0.1, 0.15) is 27.7 Å². The minimum Gasteiger partial charge on any atom is -0.482 e. The summed E-state index contributed by atoms with van der Waals surface area (Å²) in [5.41, 5.74) is 10.3. The number of nitrogens with two attached hydrogens (primary N) is 2. The zero-order valence-electron chi connectivity index (χ0n) is 8.29. The molecule has 0 aliphatic carbocycles. The minimum atomic E-state index is -0.353. The van der Waals surface area contributed by atoms with Gasteiger partial charge in [0.2, 0.25) is 0 Å². The summed E-state index contributed by atoms with van der Waals surface area (Å²) in [6.45, 7) is 8.08. The largest absolute Gasteiger partial charge is 0.482 e. The lowest BCUT2D eigenvalue weighted by Crippen LogP contribution is -2.35. The molecule has 0 saturated heterocycles. The Bertz CT molecular complexity index is 166. The highest BCUT2D eigenvalue weighted by atomic mass is 16.5. The molecule has 0 amide bonds. The molecular formula is C8H18BN2O. The van der Waals surface area contributed by atoms with Gasteiger partial charge in [-0.15, -0.1) is 0 Å². The van der Waals surface area contributed by atoms with Crippen LogP contribution in [0.3, 0.4) is 0 Å². The summed E-state index contributed by atoms with van der Waals surface area (Å²) < 4.78 is 5.36. The van der Waals surface area contributed by atoms with Crippen molar-refractivity contribution < 1.29 is 4.74 Å². The van der Waals surface area contributed by atoms with Crippen LogP contribution in [-0.4, -0.2) is 12.8 Å². The standard InChI is InChI=1S/C8H18BN2O/c1-6(2)9-8(3,4)12-7(11)5-10/h5-6H,10-11H2,1-4H3/b7-5-. The molecule has 0 fully saturated rings. The van der Waals surface area contributed by atoms with Crippen molar-refractivity contribution >= 4 is 7.28 Å². The van der Waals surface area contributed by atoms with Crippen molar-refractivity contribution in [1.29, 1.82) is 0 Å². The number of ether oxygens (including phenoxy) is 1. The van der Waals surface area contributed by atoms with Crippen molar-refractivity contribution in [3.63, 3.8) is 0 Å². The van der Waals surface area contributed by atoms with E-state index in [2.05, 4.69) is 21.1 Å². The van der Waals surface area contributed by atoms with Crippen LogP contribution in [0.4, 0.5) is 0 Å². The fraction of sp³-hybridized carbons (Fsp3) is 0.750. The van der Waals surface area contributed by atoms with Gasteiger partial charge in [-0.3, -0.25) is 0 Å². The van der Waals surface area contributed by atoms with E-state index in [4.69, 9.17) is 16.2 Å². The van der Waals surface area contributed by atoms with E-state index in [9.17, 15) is 0 Å². The van der Waals surface area contributed by atoms with Crippen LogP contribution in [-0.2, 0) is 4.74 Å². The lowest BCUT2D eigenvalue weighted by molar-refractivity contribution is 0.102. The van der Waals surface area contributed by atoms with Gasteiger partial charge in [-0.1, -0.05) is 19.7 Å². The summed E-state index contributed by atoms with van der Waals surface area (Å²) in [4.78, 5) is 0. The lowest BCUT2D eigenvalue weighted by Gasteiger charge is -2.27. The molecular weight excluding hydrogens is 151 g/mol. The molecule has 0 heterocycles. The molecule has 1 radical (unpaired) electrons. The Hall–Kier alpha value is -0.795. The molecule has 0 bridgehead atoms. The van der Waals surface area contributed by atoms with Crippen LogP contribution in [0, 0.1) is 0 Å². The second-order valence-electron chi connectivity index (χ2n) is 3.69. The van der Waals surface area contributed by atoms with E-state index in [0.717, 1.165) is 0 Å². The van der Waals surface area contributed by atoms with Crippen molar-refractivity contribution in [3.8, 4) is 0 Å². The van der Waals surface area contributed by atoms with Gasteiger partial charge in [0.25, 0.3) is 0 Å². The van der Waals surface area contributed by atoms with Crippen LogP contribution in [0.5, 0.6) is 0 Å². The third-order valence-corrected chi connectivity index (χ3v) is 1.28. The Balaban J connectivity index is 4.03. The van der Waals surface area contributed by atoms with Gasteiger partial charge in [-0.25, -0.2) is 0 Å². The maximum absolute atomic E-state index is 5.43. The number of hydrogen-bond donors (Lipinski definition) is 2. The van der Waals surface area contributed by atoms with Crippen molar-refractivity contribution in [2.45, 2.75) is 39.0 Å². The van der Waals surface area contributed by atoms with E-state index >= 15 is 0 Å². The molecule has 0 aromatic rings. The third-order valence-electron chi connectivity index (χ3n) is 1.28. The maximum atomic E-state index is 5.43. The van der Waals surface area contributed by atoms with E-state index in [1.807, 2.05) is 13.8 Å². The van der Waals surface area contributed by atoms with E-state index < -0.39 is 0 Å². The molecule has 3 nitrogen and oxygen atoms in total. The molecule has 69 valence electrons. The topological polar surface area (TPSA) is 61.3 Å². The zero-order valence-corrected chi connectivity index (χ0v) is 8.29. The van der Waals surface area contributed by atoms with E-state index in [1.54, 1.807) is 0 Å². The Labute approximate surface area is 75.4 Å². The molecule has 0 saturated carbocycles. The highest BCUT2D eigenvalue weighted by Crippen LogP contribution is 2.15. The number of hydrogen-bond acceptors (Lipinski definition) is 3. The SMILES string of the molecule is CC(C)[B]C(C)(C)O/C(N)=C\N. The molecule has 4 heteroatoms. The highest BCUT2D eigenvalue weighted by molar-refractivity contribution is 6.41. The normalized spacial score (nSPS) is 13.2. The molecule has 0 aliphatic heterocycles. The van der Waals surface area contributed by atoms with Gasteiger partial charge in [0.1, 0.15) is 0 Å². The van der Waals surface area contributed by atoms with Crippen LogP contribution in [0.2, 0.25) is 5.82 Å². The highest BCUT2D eigenvalue weighted by Gasteiger charge is 2.22. The number of rotatable bonds is 4. The molecule has 0 aliphatic rings. The summed E-state index contributed by atoms with van der Waals surface area (Å²) in [7, 11) is 2.07. The summed E-state index contributed by atoms with van der Waals surface area (Å²) >= 11 is 0. The predicted molar refractivity (Wildman–Crippen MR) is 52.5 cm³/mol. The van der Waals surface area contributed by atoms with Gasteiger partial charge in [-0.2, -0.15) is 0 Å². The summed E-state index contributed by atoms with van der Waals surface area (Å²) in [5.74, 6) is 0.725. The predicted octanol–water partition coefficient (Wildman–Crippen LogP) is 0.988. The van der Waals surface area contributed by atoms with E-state index in [0.29, 0.717) is 5.82 Å². The Morgan fingerprint density at radius 1 is 1.50 bits per heavy atom. The van der Waals surface area contributed by atoms with Crippen LogP contribution in [0.15, 0.2) is 12.1 Å². The average molecular weight is 169 g/mol. The second kappa shape index (κ2) is 4.29. The Morgan fingerprint density at radius 3 is 2.33 bits per heavy atom. The van der Waals surface area contributed by atoms with E-state index in [-0.39, 0.29) is 11.4 Å². The summed E-state index contributed by atoms with van der Waals surface area (Å²) in [6, 6.07) is 0. The molecule has 0 spiro atoms. The van der Waals surface area contributed by atoms with Crippen molar-refractivity contribution in [3.05, 3.63) is 12.1 Å². The molecule has 0 unspecified atom stereocenters. The molecule has 0 rings (SSSR count). The lowest BCUT2D eigenvalue weighted by atomic mass is 9.54. The Kier molecular flexibility index (Phi) is 4.00. The quantitative estimate of drug-likeness (QED) is 0.487. The minimum absolute atomic E-state index is 0.261. The fourth-order valence-corrected chi connectivity index (χ4v) is 1.17. The first-order chi connectivity index (χ1) is 5.37. The Morgan fingerprint density at radius 2 is 2.00 bits per heavy atom. The molecule has 0 aromatic carbocycles. The smallest absolute Gasteiger partial charge is 0.199 e. The van der Waals surface area contributed by atoms with Gasteiger partial charge in [0.05, 0.1) is 11.7 Å². The first kappa shape index (κ1) is 11.2. The first-order valence-corrected chi connectivity index (χ1v) is 4.10. The summed E-state index contributed by atoms with van der Waals surface area (Å²) in [5, 5.41) is 0. The van der Waals surface area contributed by atoms with E-state index in [1.165, 1.54) is 6.20 Å². The zero-order chi connectivity index (χ0) is 9.78. The fourth-order valence-electron chi connectivity index (χ4n) is 1.17. The van der Waals surface area contributed by atoms with Crippen LogP contribution >= 0.6 is 0 Å². The third kappa shape index (κ3) is 4.94. The van der Waals surface area contributed by atoms with Crippen molar-refractivity contribution in [2.75, 3.05) is 0 Å². The molecule has 0 aromatic heterocycles. The van der Waals surface area contributed by atoms with Crippen LogP contribution < -0.4 is 11.5 Å². The van der Waals surface area contributed by atoms with Gasteiger partial charge < -0.3 is 16.2 Å². The van der Waals surface area contributed by atoms with Gasteiger partial charge in [0.15, 0.2) is 13.2 Å². The monoisotopic (exact) mass is 169 g/mol. The van der Waals surface area contributed by atoms with Crippen LogP contribution in [0.25, 0.3) is 0 Å². The maximum Gasteiger partial charge on any atom is 0.199 e. The molecule has 12 heavy (non-hydrogen) atoms. The average Bonchev–Trinajstić information content (AvgIpc) is 1.83. The van der Waals surface area contributed by atoms with Crippen molar-refractivity contribution in [2.24, 2.45) is 11.5 Å².